The Hall–Kier alpha value is -2.03. The summed E-state index contributed by atoms with van der Waals surface area (Å²) in [5.41, 5.74) is 0. The summed E-state index contributed by atoms with van der Waals surface area (Å²) in [6.07, 6.45) is 70.8. The van der Waals surface area contributed by atoms with Crippen LogP contribution in [0.1, 0.15) is 316 Å². The van der Waals surface area contributed by atoms with Crippen molar-refractivity contribution in [1.82, 2.24) is 5.32 Å². The number of esters is 1. The molecular weight excluding hydrogens is 976 g/mol. The molecule has 0 saturated heterocycles. The van der Waals surface area contributed by atoms with Gasteiger partial charge in [0.2, 0.25) is 5.91 Å². The standard InChI is InChI=1S/C67H127N2O7P/c1-7-10-13-16-19-22-25-27-29-31-33-34-36-38-40-42-45-48-51-54-57-60-67(71)76-65(58-55-52-49-46-43-24-21-18-15-12-9-3)64(63-75-77(72,73)74-62-61-69(4,5)6)68-66(70)59-56-53-50-47-44-41-39-37-35-32-30-28-26-23-20-17-14-11-8-2/h19,22,27-30,55,58,64-65H,7-18,20-21,23-26,31-54,56-57,59-63H2,1-6H3,(H-,68,70,72,73)/b22-19-,29-27-,30-28+,58-55+. The zero-order chi connectivity index (χ0) is 56.4. The number of hydrogen-bond donors (Lipinski definition) is 1. The van der Waals surface area contributed by atoms with Crippen molar-refractivity contribution in [3.05, 3.63) is 48.6 Å². The van der Waals surface area contributed by atoms with Crippen molar-refractivity contribution in [1.29, 1.82) is 0 Å². The van der Waals surface area contributed by atoms with Crippen molar-refractivity contribution in [2.45, 2.75) is 328 Å². The van der Waals surface area contributed by atoms with Crippen molar-refractivity contribution in [3.63, 3.8) is 0 Å². The number of nitrogens with one attached hydrogen (secondary N) is 1. The van der Waals surface area contributed by atoms with Crippen LogP contribution < -0.4 is 10.2 Å². The number of ether oxygens (including phenoxy) is 1. The second-order valence-corrected chi connectivity index (χ2v) is 25.0. The minimum absolute atomic E-state index is 0.0222. The van der Waals surface area contributed by atoms with Gasteiger partial charge in [-0.3, -0.25) is 14.2 Å². The van der Waals surface area contributed by atoms with Gasteiger partial charge < -0.3 is 28.5 Å². The number of quaternary nitrogens is 1. The molecule has 0 aliphatic rings. The van der Waals surface area contributed by atoms with E-state index in [4.69, 9.17) is 13.8 Å². The summed E-state index contributed by atoms with van der Waals surface area (Å²) in [5, 5.41) is 3.04. The first-order valence-corrected chi connectivity index (χ1v) is 34.4. The fourth-order valence-corrected chi connectivity index (χ4v) is 10.3. The molecule has 0 aromatic rings. The maximum atomic E-state index is 13.5. The first-order valence-electron chi connectivity index (χ1n) is 32.9. The van der Waals surface area contributed by atoms with Gasteiger partial charge in [0.15, 0.2) is 0 Å². The number of rotatable bonds is 60. The van der Waals surface area contributed by atoms with Crippen molar-refractivity contribution >= 4 is 19.7 Å². The highest BCUT2D eigenvalue weighted by atomic mass is 31.2. The molecule has 0 aliphatic carbocycles. The van der Waals surface area contributed by atoms with Crippen molar-refractivity contribution in [3.8, 4) is 0 Å². The van der Waals surface area contributed by atoms with Gasteiger partial charge in [-0.25, -0.2) is 0 Å². The largest absolute Gasteiger partial charge is 0.756 e. The number of amides is 1. The highest BCUT2D eigenvalue weighted by Gasteiger charge is 2.27. The predicted molar refractivity (Wildman–Crippen MR) is 330 cm³/mol. The Labute approximate surface area is 478 Å². The van der Waals surface area contributed by atoms with E-state index in [1.165, 1.54) is 218 Å². The van der Waals surface area contributed by atoms with E-state index in [-0.39, 0.29) is 31.5 Å². The molecule has 1 N–H and O–H groups in total. The Morgan fingerprint density at radius 2 is 0.792 bits per heavy atom. The summed E-state index contributed by atoms with van der Waals surface area (Å²) in [6, 6.07) is -0.889. The van der Waals surface area contributed by atoms with Gasteiger partial charge in [-0.05, 0) is 89.5 Å². The number of carbonyl (C=O) groups excluding carboxylic acids is 2. The molecule has 77 heavy (non-hydrogen) atoms. The van der Waals surface area contributed by atoms with Gasteiger partial charge >= 0.3 is 5.97 Å². The van der Waals surface area contributed by atoms with Crippen molar-refractivity contribution < 1.29 is 37.3 Å². The van der Waals surface area contributed by atoms with E-state index in [1.54, 1.807) is 0 Å². The maximum absolute atomic E-state index is 13.5. The van der Waals surface area contributed by atoms with E-state index in [1.807, 2.05) is 33.3 Å². The number of allylic oxidation sites excluding steroid dienone is 7. The number of phosphoric ester groups is 1. The minimum Gasteiger partial charge on any atom is -0.756 e. The number of hydrogen-bond acceptors (Lipinski definition) is 7. The summed E-state index contributed by atoms with van der Waals surface area (Å²) in [6.45, 7) is 6.84. The van der Waals surface area contributed by atoms with E-state index >= 15 is 0 Å². The van der Waals surface area contributed by atoms with Crippen LogP contribution in [0.3, 0.4) is 0 Å². The lowest BCUT2D eigenvalue weighted by molar-refractivity contribution is -0.870. The molecule has 0 fully saturated rings. The third-order valence-electron chi connectivity index (χ3n) is 14.7. The first kappa shape index (κ1) is 75.0. The lowest BCUT2D eigenvalue weighted by Crippen LogP contribution is -2.47. The molecule has 0 spiro atoms. The highest BCUT2D eigenvalue weighted by Crippen LogP contribution is 2.38. The van der Waals surface area contributed by atoms with E-state index in [9.17, 15) is 19.0 Å². The monoisotopic (exact) mass is 1100 g/mol. The molecule has 0 radical (unpaired) electrons. The molecule has 3 atom stereocenters. The van der Waals surface area contributed by atoms with Crippen LogP contribution in [0.5, 0.6) is 0 Å². The van der Waals surface area contributed by atoms with E-state index in [0.717, 1.165) is 64.2 Å². The lowest BCUT2D eigenvalue weighted by Gasteiger charge is -2.30. The summed E-state index contributed by atoms with van der Waals surface area (Å²) in [5.74, 6) is -0.535. The minimum atomic E-state index is -4.70. The van der Waals surface area contributed by atoms with Crippen LogP contribution >= 0.6 is 7.82 Å². The highest BCUT2D eigenvalue weighted by molar-refractivity contribution is 7.45. The number of likely N-dealkylation sites (N-methyl/N-ethyl adjacent to an activating group) is 1. The zero-order valence-corrected chi connectivity index (χ0v) is 52.6. The van der Waals surface area contributed by atoms with Crippen molar-refractivity contribution in [2.75, 3.05) is 40.9 Å². The third kappa shape index (κ3) is 58.4. The van der Waals surface area contributed by atoms with Gasteiger partial charge in [0.05, 0.1) is 33.8 Å². The molecule has 0 aromatic carbocycles. The van der Waals surface area contributed by atoms with Crippen LogP contribution in [-0.4, -0.2) is 69.4 Å². The van der Waals surface area contributed by atoms with E-state index in [0.29, 0.717) is 17.4 Å². The smallest absolute Gasteiger partial charge is 0.306 e. The van der Waals surface area contributed by atoms with E-state index in [2.05, 4.69) is 62.5 Å². The Bertz CT molecular complexity index is 1460. The summed E-state index contributed by atoms with van der Waals surface area (Å²) >= 11 is 0. The summed E-state index contributed by atoms with van der Waals surface area (Å²) in [4.78, 5) is 40.0. The van der Waals surface area contributed by atoms with Gasteiger partial charge in [-0.15, -0.1) is 0 Å². The van der Waals surface area contributed by atoms with Crippen LogP contribution in [-0.2, 0) is 27.9 Å². The average molecular weight is 1100 g/mol. The fourth-order valence-electron chi connectivity index (χ4n) is 9.61. The molecule has 9 nitrogen and oxygen atoms in total. The third-order valence-corrected chi connectivity index (χ3v) is 15.7. The molecule has 0 rings (SSSR count). The second kappa shape index (κ2) is 57.2. The topological polar surface area (TPSA) is 114 Å². The zero-order valence-electron chi connectivity index (χ0n) is 51.7. The van der Waals surface area contributed by atoms with Crippen LogP contribution in [0.2, 0.25) is 0 Å². The van der Waals surface area contributed by atoms with Crippen molar-refractivity contribution in [2.24, 2.45) is 0 Å². The lowest BCUT2D eigenvalue weighted by atomic mass is 10.0. The summed E-state index contributed by atoms with van der Waals surface area (Å²) < 4.78 is 30.4. The van der Waals surface area contributed by atoms with Crippen LogP contribution in [0.4, 0.5) is 0 Å². The number of unbranched alkanes of at least 4 members (excludes halogenated alkanes) is 38. The quantitative estimate of drug-likeness (QED) is 0.0212. The number of nitrogens with zero attached hydrogens (tertiary/aromatic N) is 1. The van der Waals surface area contributed by atoms with E-state index < -0.39 is 20.0 Å². The van der Waals surface area contributed by atoms with Gasteiger partial charge in [-0.2, -0.15) is 0 Å². The Morgan fingerprint density at radius 3 is 1.21 bits per heavy atom. The van der Waals surface area contributed by atoms with Crippen LogP contribution in [0.25, 0.3) is 0 Å². The molecule has 0 aromatic heterocycles. The normalized spacial score (nSPS) is 13.9. The van der Waals surface area contributed by atoms with Gasteiger partial charge in [0.1, 0.15) is 19.3 Å². The Balaban J connectivity index is 5.13. The van der Waals surface area contributed by atoms with Crippen LogP contribution in [0.15, 0.2) is 48.6 Å². The molecule has 3 unspecified atom stereocenters. The Kier molecular flexibility index (Phi) is 55.7. The average Bonchev–Trinajstić information content (AvgIpc) is 3.39. The fraction of sp³-hybridized carbons (Fsp3) is 0.851. The molecule has 10 heteroatoms. The molecule has 0 aliphatic heterocycles. The summed E-state index contributed by atoms with van der Waals surface area (Å²) in [7, 11) is 1.19. The molecule has 0 heterocycles. The second-order valence-electron chi connectivity index (χ2n) is 23.6. The number of carbonyl (C=O) groups is 2. The SMILES string of the molecule is CCCCC/C=C\C/C=C\CCCCCCCCCCCCCC(=O)OC(/C=C/CCCCCCCCCCC)C(COP(=O)([O-])OCC[N+](C)(C)C)NC(=O)CCCCCCCCCCC/C=C/CCCCCCCC. The molecule has 1 amide bonds. The molecule has 0 bridgehead atoms. The van der Waals surface area contributed by atoms with Gasteiger partial charge in [-0.1, -0.05) is 262 Å². The maximum Gasteiger partial charge on any atom is 0.306 e. The Morgan fingerprint density at radius 1 is 0.455 bits per heavy atom. The predicted octanol–water partition coefficient (Wildman–Crippen LogP) is 19.8. The van der Waals surface area contributed by atoms with Gasteiger partial charge in [0.25, 0.3) is 7.82 Å². The molecular formula is C67H127N2O7P. The van der Waals surface area contributed by atoms with Crippen LogP contribution in [0, 0.1) is 0 Å². The first-order chi connectivity index (χ1) is 37.4. The molecule has 452 valence electrons. The molecule has 0 saturated carbocycles. The number of phosphoric acid groups is 1. The van der Waals surface area contributed by atoms with Gasteiger partial charge in [0, 0.05) is 12.8 Å².